The maximum absolute atomic E-state index is 12.7. The average Bonchev–Trinajstić information content (AvgIpc) is 2.72. The monoisotopic (exact) mass is 474 g/mol. The molecule has 0 saturated heterocycles. The van der Waals surface area contributed by atoms with Crippen molar-refractivity contribution < 1.29 is 13.2 Å². The Kier molecular flexibility index (Phi) is 7.64. The van der Waals surface area contributed by atoms with E-state index in [0.717, 1.165) is 16.7 Å². The van der Waals surface area contributed by atoms with Gasteiger partial charge >= 0.3 is 0 Å². The molecule has 0 radical (unpaired) electrons. The highest BCUT2D eigenvalue weighted by Gasteiger charge is 2.15. The molecule has 0 fully saturated rings. The summed E-state index contributed by atoms with van der Waals surface area (Å²) in [6.07, 6.45) is 0. The molecule has 31 heavy (non-hydrogen) atoms. The van der Waals surface area contributed by atoms with Gasteiger partial charge in [-0.1, -0.05) is 41.4 Å². The molecule has 1 amide bonds. The standard InChI is InChI=1S/C23H23ClN2O3S2/c1-16-3-12-22(17(2)13-16)26-31(28,29)21-10-8-20(9-11-21)25-23(27)15-30-14-18-4-6-19(24)7-5-18/h3-13,26H,14-15H2,1-2H3,(H,25,27). The van der Waals surface area contributed by atoms with Crippen molar-refractivity contribution in [3.63, 3.8) is 0 Å². The van der Waals surface area contributed by atoms with Crippen LogP contribution in [0.5, 0.6) is 0 Å². The number of hydrogen-bond acceptors (Lipinski definition) is 4. The van der Waals surface area contributed by atoms with Crippen LogP contribution in [0.15, 0.2) is 71.6 Å². The maximum atomic E-state index is 12.7. The molecule has 0 unspecified atom stereocenters. The predicted molar refractivity (Wildman–Crippen MR) is 129 cm³/mol. The SMILES string of the molecule is Cc1ccc(NS(=O)(=O)c2ccc(NC(=O)CSCc3ccc(Cl)cc3)cc2)c(C)c1. The molecule has 0 aliphatic carbocycles. The summed E-state index contributed by atoms with van der Waals surface area (Å²) in [5.41, 5.74) is 4.09. The number of aryl methyl sites for hydroxylation is 2. The molecule has 3 rings (SSSR count). The first kappa shape index (κ1) is 23.2. The molecule has 3 aromatic carbocycles. The third-order valence-corrected chi connectivity index (χ3v) is 7.13. The van der Waals surface area contributed by atoms with Crippen molar-refractivity contribution in [2.24, 2.45) is 0 Å². The minimum atomic E-state index is -3.72. The zero-order valence-electron chi connectivity index (χ0n) is 17.2. The van der Waals surface area contributed by atoms with Gasteiger partial charge in [0, 0.05) is 16.5 Å². The quantitative estimate of drug-likeness (QED) is 0.443. The van der Waals surface area contributed by atoms with Crippen LogP contribution in [0.1, 0.15) is 16.7 Å². The van der Waals surface area contributed by atoms with Crippen LogP contribution in [-0.4, -0.2) is 20.1 Å². The highest BCUT2D eigenvalue weighted by molar-refractivity contribution is 7.99. The number of hydrogen-bond donors (Lipinski definition) is 2. The lowest BCUT2D eigenvalue weighted by atomic mass is 10.1. The Labute approximate surface area is 192 Å². The number of carbonyl (C=O) groups excluding carboxylic acids is 1. The fourth-order valence-electron chi connectivity index (χ4n) is 2.89. The Balaban J connectivity index is 1.55. The molecule has 0 atom stereocenters. The van der Waals surface area contributed by atoms with Gasteiger partial charge in [0.2, 0.25) is 5.91 Å². The van der Waals surface area contributed by atoms with E-state index in [-0.39, 0.29) is 16.6 Å². The van der Waals surface area contributed by atoms with E-state index in [9.17, 15) is 13.2 Å². The fraction of sp³-hybridized carbons (Fsp3) is 0.174. The zero-order chi connectivity index (χ0) is 22.4. The molecule has 0 saturated carbocycles. The molecule has 0 bridgehead atoms. The van der Waals surface area contributed by atoms with Crippen molar-refractivity contribution in [1.82, 2.24) is 0 Å². The Hall–Kier alpha value is -2.48. The topological polar surface area (TPSA) is 75.3 Å². The number of carbonyl (C=O) groups is 1. The van der Waals surface area contributed by atoms with Gasteiger partial charge in [-0.3, -0.25) is 9.52 Å². The van der Waals surface area contributed by atoms with Gasteiger partial charge in [0.1, 0.15) is 0 Å². The van der Waals surface area contributed by atoms with Gasteiger partial charge in [-0.2, -0.15) is 0 Å². The molecule has 5 nitrogen and oxygen atoms in total. The highest BCUT2D eigenvalue weighted by atomic mass is 35.5. The van der Waals surface area contributed by atoms with Gasteiger partial charge in [0.25, 0.3) is 10.0 Å². The summed E-state index contributed by atoms with van der Waals surface area (Å²) in [6, 6.07) is 19.1. The average molecular weight is 475 g/mol. The molecule has 0 spiro atoms. The second-order valence-electron chi connectivity index (χ2n) is 7.12. The largest absolute Gasteiger partial charge is 0.325 e. The Morgan fingerprint density at radius 1 is 0.968 bits per heavy atom. The van der Waals surface area contributed by atoms with Crippen molar-refractivity contribution in [1.29, 1.82) is 0 Å². The molecule has 8 heteroatoms. The van der Waals surface area contributed by atoms with E-state index in [1.807, 2.05) is 50.2 Å². The minimum Gasteiger partial charge on any atom is -0.325 e. The number of anilines is 2. The summed E-state index contributed by atoms with van der Waals surface area (Å²) in [6.45, 7) is 3.81. The van der Waals surface area contributed by atoms with E-state index < -0.39 is 10.0 Å². The number of rotatable bonds is 8. The second-order valence-corrected chi connectivity index (χ2v) is 10.2. The number of nitrogens with one attached hydrogen (secondary N) is 2. The number of halogens is 1. The van der Waals surface area contributed by atoms with E-state index in [1.165, 1.54) is 23.9 Å². The van der Waals surface area contributed by atoms with Gasteiger partial charge < -0.3 is 5.32 Å². The number of benzene rings is 3. The van der Waals surface area contributed by atoms with Crippen LogP contribution in [0.3, 0.4) is 0 Å². The molecule has 0 heterocycles. The van der Waals surface area contributed by atoms with Crippen LogP contribution >= 0.6 is 23.4 Å². The number of amides is 1. The Bertz CT molecular complexity index is 1160. The van der Waals surface area contributed by atoms with Crippen molar-refractivity contribution in [3.05, 3.63) is 88.4 Å². The second kappa shape index (κ2) is 10.2. The summed E-state index contributed by atoms with van der Waals surface area (Å²) < 4.78 is 27.9. The summed E-state index contributed by atoms with van der Waals surface area (Å²) in [5, 5.41) is 3.47. The van der Waals surface area contributed by atoms with E-state index in [1.54, 1.807) is 18.2 Å². The van der Waals surface area contributed by atoms with Crippen molar-refractivity contribution in [2.45, 2.75) is 24.5 Å². The first-order chi connectivity index (χ1) is 14.7. The lowest BCUT2D eigenvalue weighted by molar-refractivity contribution is -0.113. The summed E-state index contributed by atoms with van der Waals surface area (Å²) in [5.74, 6) is 0.839. The van der Waals surface area contributed by atoms with E-state index in [0.29, 0.717) is 22.2 Å². The van der Waals surface area contributed by atoms with Gasteiger partial charge in [0.05, 0.1) is 16.3 Å². The highest BCUT2D eigenvalue weighted by Crippen LogP contribution is 2.22. The van der Waals surface area contributed by atoms with Crippen LogP contribution in [0.25, 0.3) is 0 Å². The minimum absolute atomic E-state index is 0.127. The molecular formula is C23H23ClN2O3S2. The van der Waals surface area contributed by atoms with Crippen LogP contribution in [0.2, 0.25) is 5.02 Å². The van der Waals surface area contributed by atoms with Crippen molar-refractivity contribution in [3.8, 4) is 0 Å². The van der Waals surface area contributed by atoms with Crippen molar-refractivity contribution >= 4 is 50.7 Å². The number of thioether (sulfide) groups is 1. The smallest absolute Gasteiger partial charge is 0.261 e. The Morgan fingerprint density at radius 3 is 2.29 bits per heavy atom. The van der Waals surface area contributed by atoms with Crippen LogP contribution < -0.4 is 10.0 Å². The van der Waals surface area contributed by atoms with Crippen molar-refractivity contribution in [2.75, 3.05) is 15.8 Å². The van der Waals surface area contributed by atoms with E-state index in [4.69, 9.17) is 11.6 Å². The normalized spacial score (nSPS) is 11.2. The molecule has 0 aliphatic heterocycles. The van der Waals surface area contributed by atoms with Gasteiger partial charge in [-0.25, -0.2) is 8.42 Å². The fourth-order valence-corrected chi connectivity index (χ4v) is 4.93. The molecule has 0 aromatic heterocycles. The van der Waals surface area contributed by atoms with Crippen LogP contribution in [-0.2, 0) is 20.6 Å². The van der Waals surface area contributed by atoms with Crippen LogP contribution in [0.4, 0.5) is 11.4 Å². The lowest BCUT2D eigenvalue weighted by Crippen LogP contribution is -2.15. The summed E-state index contributed by atoms with van der Waals surface area (Å²) in [7, 11) is -3.72. The Morgan fingerprint density at radius 2 is 1.65 bits per heavy atom. The number of sulfonamides is 1. The van der Waals surface area contributed by atoms with E-state index in [2.05, 4.69) is 10.0 Å². The third kappa shape index (κ3) is 6.75. The zero-order valence-corrected chi connectivity index (χ0v) is 19.6. The first-order valence-electron chi connectivity index (χ1n) is 9.55. The van der Waals surface area contributed by atoms with Gasteiger partial charge in [-0.05, 0) is 67.4 Å². The van der Waals surface area contributed by atoms with Gasteiger partial charge in [-0.15, -0.1) is 11.8 Å². The lowest BCUT2D eigenvalue weighted by Gasteiger charge is -2.12. The van der Waals surface area contributed by atoms with Crippen LogP contribution in [0, 0.1) is 13.8 Å². The third-order valence-electron chi connectivity index (χ3n) is 4.49. The predicted octanol–water partition coefficient (Wildman–Crippen LogP) is 5.63. The molecule has 162 valence electrons. The first-order valence-corrected chi connectivity index (χ1v) is 12.6. The molecular weight excluding hydrogens is 452 g/mol. The maximum Gasteiger partial charge on any atom is 0.261 e. The van der Waals surface area contributed by atoms with E-state index >= 15 is 0 Å². The van der Waals surface area contributed by atoms with Gasteiger partial charge in [0.15, 0.2) is 0 Å². The summed E-state index contributed by atoms with van der Waals surface area (Å²) >= 11 is 7.36. The summed E-state index contributed by atoms with van der Waals surface area (Å²) in [4.78, 5) is 12.3. The molecule has 2 N–H and O–H groups in total. The molecule has 3 aromatic rings. The molecule has 0 aliphatic rings.